The molecule has 0 aliphatic heterocycles. The van der Waals surface area contributed by atoms with E-state index in [4.69, 9.17) is 4.42 Å². The molecule has 0 unspecified atom stereocenters. The Morgan fingerprint density at radius 1 is 0.241 bits per heavy atom. The lowest BCUT2D eigenvalue weighted by atomic mass is 9.91. The standard InChI is InChI=1S/C56H37NO/c1-4-14-38(15-5-1)40-24-30-44(31-25-40)57(45-32-26-41(27-33-45)39-16-6-2-7-17-39)46-34-28-43(29-35-46)48-37-36-47(42-18-8-3-9-19-42)53-54-51-22-12-10-20-49(51)50-21-11-13-23-52(50)56(54)58-55(48)53/h1-37H. The van der Waals surface area contributed by atoms with Gasteiger partial charge in [-0.15, -0.1) is 0 Å². The highest BCUT2D eigenvalue weighted by molar-refractivity contribution is 6.33. The van der Waals surface area contributed by atoms with Crippen LogP contribution < -0.4 is 4.90 Å². The van der Waals surface area contributed by atoms with E-state index in [1.165, 1.54) is 49.5 Å². The van der Waals surface area contributed by atoms with Gasteiger partial charge in [0.2, 0.25) is 0 Å². The van der Waals surface area contributed by atoms with Gasteiger partial charge in [-0.1, -0.05) is 182 Å². The van der Waals surface area contributed by atoms with Gasteiger partial charge in [-0.25, -0.2) is 0 Å². The molecule has 0 fully saturated rings. The van der Waals surface area contributed by atoms with Gasteiger partial charge in [-0.2, -0.15) is 0 Å². The zero-order valence-electron chi connectivity index (χ0n) is 31.7. The van der Waals surface area contributed by atoms with Crippen molar-refractivity contribution >= 4 is 60.5 Å². The molecule has 0 amide bonds. The molecule has 0 bridgehead atoms. The summed E-state index contributed by atoms with van der Waals surface area (Å²) in [5, 5.41) is 7.06. The minimum atomic E-state index is 0.899. The Morgan fingerprint density at radius 3 is 1.12 bits per heavy atom. The normalized spacial score (nSPS) is 11.4. The molecule has 10 aromatic carbocycles. The van der Waals surface area contributed by atoms with E-state index in [0.717, 1.165) is 55.5 Å². The van der Waals surface area contributed by atoms with Crippen molar-refractivity contribution in [3.05, 3.63) is 224 Å². The molecule has 0 spiro atoms. The summed E-state index contributed by atoms with van der Waals surface area (Å²) in [5.74, 6) is 0. The number of anilines is 3. The number of fused-ring (bicyclic) bond motifs is 8. The van der Waals surface area contributed by atoms with E-state index >= 15 is 0 Å². The van der Waals surface area contributed by atoms with Crippen LogP contribution in [0.1, 0.15) is 0 Å². The summed E-state index contributed by atoms with van der Waals surface area (Å²) in [4.78, 5) is 2.33. The largest absolute Gasteiger partial charge is 0.455 e. The molecule has 1 aromatic heterocycles. The van der Waals surface area contributed by atoms with Gasteiger partial charge in [0, 0.05) is 38.8 Å². The highest BCUT2D eigenvalue weighted by Crippen LogP contribution is 2.47. The third-order valence-electron chi connectivity index (χ3n) is 11.5. The van der Waals surface area contributed by atoms with Gasteiger partial charge >= 0.3 is 0 Å². The van der Waals surface area contributed by atoms with Crippen LogP contribution in [-0.2, 0) is 0 Å². The zero-order valence-corrected chi connectivity index (χ0v) is 31.7. The average Bonchev–Trinajstić information content (AvgIpc) is 3.72. The lowest BCUT2D eigenvalue weighted by Crippen LogP contribution is -2.09. The van der Waals surface area contributed by atoms with Crippen molar-refractivity contribution in [3.63, 3.8) is 0 Å². The molecule has 58 heavy (non-hydrogen) atoms. The van der Waals surface area contributed by atoms with Crippen molar-refractivity contribution < 1.29 is 4.42 Å². The molecule has 2 heteroatoms. The summed E-state index contributed by atoms with van der Waals surface area (Å²) in [7, 11) is 0. The quantitative estimate of drug-likeness (QED) is 0.151. The first-order chi connectivity index (χ1) is 28.8. The van der Waals surface area contributed by atoms with Gasteiger partial charge in [0.05, 0.1) is 0 Å². The van der Waals surface area contributed by atoms with Crippen LogP contribution in [0.25, 0.3) is 88.0 Å². The number of rotatable bonds is 7. The Morgan fingerprint density at radius 2 is 0.603 bits per heavy atom. The van der Waals surface area contributed by atoms with E-state index in [1.54, 1.807) is 0 Å². The zero-order chi connectivity index (χ0) is 38.4. The molecule has 2 nitrogen and oxygen atoms in total. The molecule has 11 rings (SSSR count). The highest BCUT2D eigenvalue weighted by Gasteiger charge is 2.22. The van der Waals surface area contributed by atoms with Gasteiger partial charge in [0.15, 0.2) is 0 Å². The maximum absolute atomic E-state index is 7.12. The number of benzene rings is 10. The lowest BCUT2D eigenvalue weighted by molar-refractivity contribution is 0.674. The van der Waals surface area contributed by atoms with Crippen LogP contribution in [0.15, 0.2) is 229 Å². The van der Waals surface area contributed by atoms with Crippen molar-refractivity contribution in [2.24, 2.45) is 0 Å². The average molecular weight is 740 g/mol. The molecule has 0 aliphatic rings. The van der Waals surface area contributed by atoms with Crippen LogP contribution in [0.5, 0.6) is 0 Å². The van der Waals surface area contributed by atoms with Crippen LogP contribution >= 0.6 is 0 Å². The third-order valence-corrected chi connectivity index (χ3v) is 11.5. The predicted molar refractivity (Wildman–Crippen MR) is 245 cm³/mol. The monoisotopic (exact) mass is 739 g/mol. The summed E-state index contributed by atoms with van der Waals surface area (Å²) in [5.41, 5.74) is 14.4. The molecule has 0 N–H and O–H groups in total. The van der Waals surface area contributed by atoms with E-state index in [2.05, 4.69) is 229 Å². The molecule has 0 atom stereocenters. The van der Waals surface area contributed by atoms with Gasteiger partial charge in [0.25, 0.3) is 0 Å². The Balaban J connectivity index is 1.07. The van der Waals surface area contributed by atoms with Crippen LogP contribution in [0.3, 0.4) is 0 Å². The predicted octanol–water partition coefficient (Wildman–Crippen LogP) is 16.0. The molecular weight excluding hydrogens is 703 g/mol. The Labute approximate surface area is 337 Å². The summed E-state index contributed by atoms with van der Waals surface area (Å²) in [6, 6.07) is 80.3. The van der Waals surface area contributed by atoms with Gasteiger partial charge in [0.1, 0.15) is 11.2 Å². The molecule has 0 saturated carbocycles. The fourth-order valence-electron chi connectivity index (χ4n) is 8.69. The first-order valence-corrected chi connectivity index (χ1v) is 19.8. The van der Waals surface area contributed by atoms with Crippen molar-refractivity contribution in [2.45, 2.75) is 0 Å². The van der Waals surface area contributed by atoms with Crippen molar-refractivity contribution in [1.82, 2.24) is 0 Å². The molecule has 0 aliphatic carbocycles. The van der Waals surface area contributed by atoms with Crippen LogP contribution in [0, 0.1) is 0 Å². The van der Waals surface area contributed by atoms with Crippen molar-refractivity contribution in [3.8, 4) is 44.5 Å². The second kappa shape index (κ2) is 14.1. The molecule has 272 valence electrons. The van der Waals surface area contributed by atoms with Gasteiger partial charge in [-0.3, -0.25) is 0 Å². The number of hydrogen-bond donors (Lipinski definition) is 0. The SMILES string of the molecule is c1ccc(-c2ccc(N(c3ccc(-c4ccccc4)cc3)c3ccc(-c4ccc(-c5ccccc5)c5c4oc4c6ccccc6c6ccccc6c45)cc3)cc2)cc1. The minimum absolute atomic E-state index is 0.899. The summed E-state index contributed by atoms with van der Waals surface area (Å²) in [6.45, 7) is 0. The Bertz CT molecular complexity index is 3140. The lowest BCUT2D eigenvalue weighted by Gasteiger charge is -2.26. The molecule has 0 saturated heterocycles. The van der Waals surface area contributed by atoms with Crippen LogP contribution in [0.4, 0.5) is 17.1 Å². The summed E-state index contributed by atoms with van der Waals surface area (Å²) < 4.78 is 7.12. The first-order valence-electron chi connectivity index (χ1n) is 19.8. The van der Waals surface area contributed by atoms with Crippen molar-refractivity contribution in [2.75, 3.05) is 4.90 Å². The number of nitrogens with zero attached hydrogens (tertiary/aromatic N) is 1. The van der Waals surface area contributed by atoms with Crippen LogP contribution in [0.2, 0.25) is 0 Å². The number of furan rings is 1. The highest BCUT2D eigenvalue weighted by atomic mass is 16.3. The first kappa shape index (κ1) is 33.6. The van der Waals surface area contributed by atoms with Gasteiger partial charge < -0.3 is 9.32 Å². The van der Waals surface area contributed by atoms with E-state index in [1.807, 2.05) is 0 Å². The second-order valence-electron chi connectivity index (χ2n) is 14.8. The van der Waals surface area contributed by atoms with E-state index in [0.29, 0.717) is 0 Å². The Hall–Kier alpha value is -7.68. The van der Waals surface area contributed by atoms with E-state index < -0.39 is 0 Å². The molecule has 0 radical (unpaired) electrons. The molecule has 1 heterocycles. The topological polar surface area (TPSA) is 16.4 Å². The third kappa shape index (κ3) is 5.74. The van der Waals surface area contributed by atoms with E-state index in [9.17, 15) is 0 Å². The fourth-order valence-corrected chi connectivity index (χ4v) is 8.69. The number of hydrogen-bond acceptors (Lipinski definition) is 2. The minimum Gasteiger partial charge on any atom is -0.455 e. The van der Waals surface area contributed by atoms with Crippen molar-refractivity contribution in [1.29, 1.82) is 0 Å². The van der Waals surface area contributed by atoms with Crippen LogP contribution in [-0.4, -0.2) is 0 Å². The maximum Gasteiger partial charge on any atom is 0.143 e. The van der Waals surface area contributed by atoms with Gasteiger partial charge in [-0.05, 0) is 97.6 Å². The smallest absolute Gasteiger partial charge is 0.143 e. The van der Waals surface area contributed by atoms with E-state index in [-0.39, 0.29) is 0 Å². The summed E-state index contributed by atoms with van der Waals surface area (Å²) >= 11 is 0. The second-order valence-corrected chi connectivity index (χ2v) is 14.8. The molecule has 11 aromatic rings. The molecular formula is C56H37NO. The maximum atomic E-state index is 7.12. The summed E-state index contributed by atoms with van der Waals surface area (Å²) in [6.07, 6.45) is 0. The Kier molecular flexibility index (Phi) is 8.19. The fraction of sp³-hybridized carbons (Fsp3) is 0.